The molecule has 204 valence electrons. The van der Waals surface area contributed by atoms with Crippen LogP contribution in [0.4, 0.5) is 0 Å². The first kappa shape index (κ1) is 27.1. The standard InChI is InChI=1S/C36H60/c1-27-13-21-33(22-14-27)35(31-9-5-3-6-10-31)25-29-17-19-30(20-18-29)26-36(32-11-7-4-8-12-32)34-23-15-28(2)16-24-34/h25-34H,3-24H2,1-2H3/b35-25+,36-26+. The van der Waals surface area contributed by atoms with Gasteiger partial charge in [0.2, 0.25) is 0 Å². The van der Waals surface area contributed by atoms with Crippen LogP contribution in [0.5, 0.6) is 0 Å². The van der Waals surface area contributed by atoms with Gasteiger partial charge in [0.15, 0.2) is 0 Å². The molecule has 0 bridgehead atoms. The maximum atomic E-state index is 2.92. The molecule has 36 heavy (non-hydrogen) atoms. The van der Waals surface area contributed by atoms with Gasteiger partial charge in [0.25, 0.3) is 0 Å². The molecule has 0 heterocycles. The molecule has 0 amide bonds. The molecule has 0 aromatic heterocycles. The van der Waals surface area contributed by atoms with Crippen LogP contribution < -0.4 is 0 Å². The molecular weight excluding hydrogens is 432 g/mol. The van der Waals surface area contributed by atoms with Crippen LogP contribution >= 0.6 is 0 Å². The second-order valence-electron chi connectivity index (χ2n) is 14.6. The Kier molecular flexibility index (Phi) is 10.2. The van der Waals surface area contributed by atoms with Gasteiger partial charge in [0.05, 0.1) is 0 Å². The van der Waals surface area contributed by atoms with Crippen LogP contribution in [0, 0.1) is 47.3 Å². The van der Waals surface area contributed by atoms with Crippen molar-refractivity contribution in [3.63, 3.8) is 0 Å². The van der Waals surface area contributed by atoms with Crippen LogP contribution in [0.15, 0.2) is 23.3 Å². The van der Waals surface area contributed by atoms with Crippen molar-refractivity contribution in [1.29, 1.82) is 0 Å². The summed E-state index contributed by atoms with van der Waals surface area (Å²) >= 11 is 0. The predicted octanol–water partition coefficient (Wildman–Crippen LogP) is 11.5. The van der Waals surface area contributed by atoms with Crippen molar-refractivity contribution in [2.24, 2.45) is 47.3 Å². The van der Waals surface area contributed by atoms with Crippen molar-refractivity contribution >= 4 is 0 Å². The van der Waals surface area contributed by atoms with Crippen molar-refractivity contribution in [2.75, 3.05) is 0 Å². The Morgan fingerprint density at radius 2 is 0.667 bits per heavy atom. The first-order valence-corrected chi connectivity index (χ1v) is 17.1. The molecule has 5 aliphatic carbocycles. The second kappa shape index (κ2) is 13.5. The summed E-state index contributed by atoms with van der Waals surface area (Å²) in [7, 11) is 0. The number of allylic oxidation sites excluding steroid dienone is 4. The highest BCUT2D eigenvalue weighted by atomic mass is 14.4. The van der Waals surface area contributed by atoms with Crippen LogP contribution in [0.3, 0.4) is 0 Å². The van der Waals surface area contributed by atoms with Gasteiger partial charge in [-0.05, 0) is 124 Å². The number of rotatable bonds is 6. The highest BCUT2D eigenvalue weighted by molar-refractivity contribution is 5.17. The molecular formula is C36H60. The fraction of sp³-hybridized carbons (Fsp3) is 0.889. The Morgan fingerprint density at radius 1 is 0.361 bits per heavy atom. The molecule has 0 aliphatic heterocycles. The molecule has 0 atom stereocenters. The van der Waals surface area contributed by atoms with E-state index < -0.39 is 0 Å². The monoisotopic (exact) mass is 492 g/mol. The average molecular weight is 493 g/mol. The minimum atomic E-state index is 0.889. The fourth-order valence-corrected chi connectivity index (χ4v) is 9.29. The zero-order chi connectivity index (χ0) is 24.7. The van der Waals surface area contributed by atoms with Crippen LogP contribution in [0.25, 0.3) is 0 Å². The molecule has 5 saturated carbocycles. The number of hydrogen-bond donors (Lipinski definition) is 0. The molecule has 0 saturated heterocycles. The SMILES string of the molecule is CC1CCC(/C(=C/C2CCC(/C=C(\C3CCCCC3)C3CCC(C)CC3)CC2)C2CCCCC2)CC1. The molecule has 0 unspecified atom stereocenters. The minimum absolute atomic E-state index is 0.889. The molecule has 0 aromatic rings. The number of hydrogen-bond acceptors (Lipinski definition) is 0. The molecule has 0 heteroatoms. The molecule has 5 aliphatic rings. The summed E-state index contributed by atoms with van der Waals surface area (Å²) in [5, 5.41) is 0. The van der Waals surface area contributed by atoms with Gasteiger partial charge in [-0.1, -0.05) is 101 Å². The van der Waals surface area contributed by atoms with Crippen molar-refractivity contribution in [1.82, 2.24) is 0 Å². The molecule has 0 N–H and O–H groups in total. The summed E-state index contributed by atoms with van der Waals surface area (Å²) in [6.45, 7) is 4.98. The summed E-state index contributed by atoms with van der Waals surface area (Å²) in [5.41, 5.74) is 3.94. The maximum Gasteiger partial charge on any atom is -0.0200 e. The van der Waals surface area contributed by atoms with E-state index in [-0.39, 0.29) is 0 Å². The van der Waals surface area contributed by atoms with Gasteiger partial charge in [-0.2, -0.15) is 0 Å². The highest BCUT2D eigenvalue weighted by Gasteiger charge is 2.31. The lowest BCUT2D eigenvalue weighted by Crippen LogP contribution is -2.23. The molecule has 5 rings (SSSR count). The van der Waals surface area contributed by atoms with Gasteiger partial charge >= 0.3 is 0 Å². The van der Waals surface area contributed by atoms with Crippen LogP contribution in [-0.4, -0.2) is 0 Å². The normalized spacial score (nSPS) is 38.7. The van der Waals surface area contributed by atoms with Gasteiger partial charge in [0.1, 0.15) is 0 Å². The van der Waals surface area contributed by atoms with E-state index >= 15 is 0 Å². The van der Waals surface area contributed by atoms with E-state index in [9.17, 15) is 0 Å². The third-order valence-electron chi connectivity index (χ3n) is 11.8. The third kappa shape index (κ3) is 7.32. The Morgan fingerprint density at radius 3 is 1.00 bits per heavy atom. The summed E-state index contributed by atoms with van der Waals surface area (Å²) in [6, 6.07) is 0. The largest absolute Gasteiger partial charge is 0.0817 e. The predicted molar refractivity (Wildman–Crippen MR) is 157 cm³/mol. The lowest BCUT2D eigenvalue weighted by Gasteiger charge is -2.37. The second-order valence-corrected chi connectivity index (χ2v) is 14.6. The summed E-state index contributed by atoms with van der Waals surface area (Å²) in [6.07, 6.45) is 38.6. The van der Waals surface area contributed by atoms with Crippen LogP contribution in [0.1, 0.15) is 155 Å². The first-order chi connectivity index (χ1) is 17.7. The van der Waals surface area contributed by atoms with Crippen LogP contribution in [-0.2, 0) is 0 Å². The van der Waals surface area contributed by atoms with Crippen molar-refractivity contribution in [3.05, 3.63) is 23.3 Å². The van der Waals surface area contributed by atoms with Gasteiger partial charge in [0, 0.05) is 0 Å². The summed E-state index contributed by atoms with van der Waals surface area (Å²) < 4.78 is 0. The summed E-state index contributed by atoms with van der Waals surface area (Å²) in [4.78, 5) is 0. The quantitative estimate of drug-likeness (QED) is 0.323. The maximum absolute atomic E-state index is 2.92. The topological polar surface area (TPSA) is 0 Å². The fourth-order valence-electron chi connectivity index (χ4n) is 9.29. The lowest BCUT2D eigenvalue weighted by molar-refractivity contribution is 0.274. The van der Waals surface area contributed by atoms with Crippen molar-refractivity contribution in [2.45, 2.75) is 155 Å². The zero-order valence-corrected chi connectivity index (χ0v) is 24.3. The Bertz CT molecular complexity index is 628. The van der Waals surface area contributed by atoms with Crippen LogP contribution in [0.2, 0.25) is 0 Å². The van der Waals surface area contributed by atoms with E-state index in [0.29, 0.717) is 0 Å². The lowest BCUT2D eigenvalue weighted by atomic mass is 9.69. The summed E-state index contributed by atoms with van der Waals surface area (Å²) in [5.74, 6) is 7.49. The van der Waals surface area contributed by atoms with E-state index in [0.717, 1.165) is 47.3 Å². The van der Waals surface area contributed by atoms with E-state index in [1.807, 2.05) is 11.1 Å². The molecule has 5 fully saturated rings. The molecule has 0 aromatic carbocycles. The highest BCUT2D eigenvalue weighted by Crippen LogP contribution is 2.45. The van der Waals surface area contributed by atoms with Gasteiger partial charge in [-0.25, -0.2) is 0 Å². The molecule has 0 spiro atoms. The van der Waals surface area contributed by atoms with Crippen molar-refractivity contribution < 1.29 is 0 Å². The molecule has 0 nitrogen and oxygen atoms in total. The Hall–Kier alpha value is -0.520. The minimum Gasteiger partial charge on any atom is -0.0817 e. The zero-order valence-electron chi connectivity index (χ0n) is 24.3. The third-order valence-corrected chi connectivity index (χ3v) is 11.8. The van der Waals surface area contributed by atoms with E-state index in [1.54, 1.807) is 0 Å². The smallest absolute Gasteiger partial charge is 0.0200 e. The Balaban J connectivity index is 1.24. The van der Waals surface area contributed by atoms with Crippen molar-refractivity contribution in [3.8, 4) is 0 Å². The van der Waals surface area contributed by atoms with E-state index in [4.69, 9.17) is 0 Å². The first-order valence-electron chi connectivity index (χ1n) is 17.1. The molecule has 0 radical (unpaired) electrons. The average Bonchev–Trinajstić information content (AvgIpc) is 2.93. The Labute approximate surface area is 225 Å². The van der Waals surface area contributed by atoms with Gasteiger partial charge in [-0.3, -0.25) is 0 Å². The van der Waals surface area contributed by atoms with Gasteiger partial charge < -0.3 is 0 Å². The van der Waals surface area contributed by atoms with E-state index in [1.165, 1.54) is 141 Å². The van der Waals surface area contributed by atoms with E-state index in [2.05, 4.69) is 26.0 Å². The van der Waals surface area contributed by atoms with Gasteiger partial charge in [-0.15, -0.1) is 0 Å².